The van der Waals surface area contributed by atoms with Gasteiger partial charge in [0.25, 0.3) is 0 Å². The van der Waals surface area contributed by atoms with Crippen LogP contribution in [0.2, 0.25) is 0 Å². The fraction of sp³-hybridized carbons (Fsp3) is 0.333. The minimum absolute atomic E-state index is 0.0160. The lowest BCUT2D eigenvalue weighted by Gasteiger charge is -2.37. The number of sulfonamides is 1. The van der Waals surface area contributed by atoms with Crippen molar-refractivity contribution in [2.45, 2.75) is 30.0 Å². The van der Waals surface area contributed by atoms with Crippen LogP contribution >= 0.6 is 0 Å². The van der Waals surface area contributed by atoms with Crippen molar-refractivity contribution in [3.05, 3.63) is 60.2 Å². The van der Waals surface area contributed by atoms with E-state index in [9.17, 15) is 26.0 Å². The van der Waals surface area contributed by atoms with Crippen molar-refractivity contribution in [2.75, 3.05) is 25.0 Å². The second kappa shape index (κ2) is 9.58. The van der Waals surface area contributed by atoms with Crippen molar-refractivity contribution < 1.29 is 26.0 Å². The summed E-state index contributed by atoms with van der Waals surface area (Å²) < 4.78 is 82.8. The first-order valence-corrected chi connectivity index (χ1v) is 13.1. The van der Waals surface area contributed by atoms with Gasteiger partial charge in [-0.15, -0.1) is 10.2 Å². The molecule has 9 nitrogen and oxygen atoms in total. The molecule has 0 saturated carbocycles. The first kappa shape index (κ1) is 26.0. The normalized spacial score (nSPS) is 15.7. The van der Waals surface area contributed by atoms with Crippen molar-refractivity contribution in [2.24, 2.45) is 7.05 Å². The molecular weight excluding hydrogens is 526 g/mol. The van der Waals surface area contributed by atoms with Gasteiger partial charge in [0, 0.05) is 51.0 Å². The van der Waals surface area contributed by atoms with E-state index in [-0.39, 0.29) is 25.2 Å². The number of hydrogen-bond acceptors (Lipinski definition) is 7. The van der Waals surface area contributed by atoms with E-state index in [2.05, 4.69) is 20.3 Å². The number of piperidine rings is 1. The molecule has 5 rings (SSSR count). The maximum Gasteiger partial charge on any atom is 0.417 e. The van der Waals surface area contributed by atoms with Gasteiger partial charge in [-0.3, -0.25) is 9.67 Å². The zero-order valence-electron chi connectivity index (χ0n) is 20.4. The summed E-state index contributed by atoms with van der Waals surface area (Å²) in [5.74, 6) is -0.654. The summed E-state index contributed by atoms with van der Waals surface area (Å²) in [5.41, 5.74) is 0.476. The number of hydrogen-bond donors (Lipinski definition) is 0. The van der Waals surface area contributed by atoms with Gasteiger partial charge in [0.05, 0.1) is 16.2 Å². The van der Waals surface area contributed by atoms with Crippen molar-refractivity contribution in [1.82, 2.24) is 29.3 Å². The number of halogens is 4. The lowest BCUT2D eigenvalue weighted by atomic mass is 10.0. The highest BCUT2D eigenvalue weighted by Crippen LogP contribution is 2.37. The minimum atomic E-state index is -5.02. The second-order valence-electron chi connectivity index (χ2n) is 9.00. The average Bonchev–Trinajstić information content (AvgIpc) is 3.32. The third-order valence-electron chi connectivity index (χ3n) is 6.75. The number of aromatic nitrogens is 5. The molecule has 0 bridgehead atoms. The van der Waals surface area contributed by atoms with Crippen LogP contribution < -0.4 is 4.90 Å². The van der Waals surface area contributed by atoms with Crippen molar-refractivity contribution >= 4 is 26.7 Å². The molecule has 0 spiro atoms. The standard InChI is InChI=1S/C24H23F4N7O2S/c1-33(23-22-17(4-3-10-29-22)21(31-32-23)19-7-11-30-34(19)2)16-8-12-35(13-9-16)38(36,37)20-6-5-15(25)14-18(20)24(26,27)28/h3-7,10-11,14,16H,8-9,12-13H2,1-2H3. The molecule has 4 heterocycles. The van der Waals surface area contributed by atoms with Gasteiger partial charge in [-0.05, 0) is 49.2 Å². The predicted molar refractivity (Wildman–Crippen MR) is 131 cm³/mol. The molecule has 14 heteroatoms. The molecule has 1 saturated heterocycles. The van der Waals surface area contributed by atoms with Crippen LogP contribution in [0.3, 0.4) is 0 Å². The topological polar surface area (TPSA) is 97.1 Å². The van der Waals surface area contributed by atoms with Crippen LogP contribution in [0.1, 0.15) is 18.4 Å². The molecule has 0 unspecified atom stereocenters. The molecule has 1 aliphatic heterocycles. The number of nitrogens with zero attached hydrogens (tertiary/aromatic N) is 7. The smallest absolute Gasteiger partial charge is 0.353 e. The van der Waals surface area contributed by atoms with Gasteiger partial charge in [-0.25, -0.2) is 12.8 Å². The lowest BCUT2D eigenvalue weighted by molar-refractivity contribution is -0.140. The number of rotatable bonds is 5. The third kappa shape index (κ3) is 4.58. The van der Waals surface area contributed by atoms with Crippen molar-refractivity contribution in [3.63, 3.8) is 0 Å². The minimum Gasteiger partial charge on any atom is -0.353 e. The number of fused-ring (bicyclic) bond motifs is 1. The molecule has 1 fully saturated rings. The maximum absolute atomic E-state index is 13.5. The predicted octanol–water partition coefficient (Wildman–Crippen LogP) is 3.87. The van der Waals surface area contributed by atoms with Crippen LogP contribution in [0.4, 0.5) is 23.4 Å². The quantitative estimate of drug-likeness (QED) is 0.349. The van der Waals surface area contributed by atoms with Crippen LogP contribution in [-0.2, 0) is 23.2 Å². The molecule has 0 radical (unpaired) electrons. The van der Waals surface area contributed by atoms with E-state index < -0.39 is 32.5 Å². The monoisotopic (exact) mass is 549 g/mol. The average molecular weight is 550 g/mol. The lowest BCUT2D eigenvalue weighted by Crippen LogP contribution is -2.46. The van der Waals surface area contributed by atoms with Crippen LogP contribution in [0.25, 0.3) is 22.3 Å². The summed E-state index contributed by atoms with van der Waals surface area (Å²) in [6.07, 6.45) is -1.05. The van der Waals surface area contributed by atoms with E-state index in [0.29, 0.717) is 42.0 Å². The van der Waals surface area contributed by atoms with Gasteiger partial charge in [0.15, 0.2) is 5.82 Å². The molecule has 200 valence electrons. The molecule has 38 heavy (non-hydrogen) atoms. The van der Waals surface area contributed by atoms with Gasteiger partial charge in [0.2, 0.25) is 10.0 Å². The summed E-state index contributed by atoms with van der Waals surface area (Å²) in [6, 6.07) is 6.92. The summed E-state index contributed by atoms with van der Waals surface area (Å²) in [5, 5.41) is 13.8. The Kier molecular flexibility index (Phi) is 6.55. The van der Waals surface area contributed by atoms with E-state index >= 15 is 0 Å². The van der Waals surface area contributed by atoms with E-state index in [0.717, 1.165) is 15.4 Å². The van der Waals surface area contributed by atoms with Crippen LogP contribution in [0.15, 0.2) is 53.7 Å². The third-order valence-corrected chi connectivity index (χ3v) is 8.71. The number of alkyl halides is 3. The van der Waals surface area contributed by atoms with Crippen molar-refractivity contribution in [1.29, 1.82) is 0 Å². The van der Waals surface area contributed by atoms with Crippen LogP contribution in [-0.4, -0.2) is 63.9 Å². The first-order chi connectivity index (χ1) is 18.0. The molecule has 0 atom stereocenters. The highest BCUT2D eigenvalue weighted by Gasteiger charge is 2.40. The highest BCUT2D eigenvalue weighted by molar-refractivity contribution is 7.89. The number of benzene rings is 1. The van der Waals surface area contributed by atoms with Gasteiger partial charge < -0.3 is 4.90 Å². The van der Waals surface area contributed by atoms with Gasteiger partial charge in [0.1, 0.15) is 17.0 Å². The zero-order chi connectivity index (χ0) is 27.2. The van der Waals surface area contributed by atoms with Crippen LogP contribution in [0, 0.1) is 5.82 Å². The van der Waals surface area contributed by atoms with E-state index in [4.69, 9.17) is 0 Å². The Morgan fingerprint density at radius 2 is 1.79 bits per heavy atom. The molecule has 4 aromatic rings. The number of aryl methyl sites for hydroxylation is 1. The summed E-state index contributed by atoms with van der Waals surface area (Å²) >= 11 is 0. The fourth-order valence-corrected chi connectivity index (χ4v) is 6.40. The van der Waals surface area contributed by atoms with Crippen molar-refractivity contribution in [3.8, 4) is 11.4 Å². The number of pyridine rings is 1. The fourth-order valence-electron chi connectivity index (χ4n) is 4.74. The molecule has 0 aliphatic carbocycles. The molecule has 0 amide bonds. The molecular formula is C24H23F4N7O2S. The van der Waals surface area contributed by atoms with Gasteiger partial charge in [-0.2, -0.15) is 22.6 Å². The largest absolute Gasteiger partial charge is 0.417 e. The molecule has 1 aromatic carbocycles. The Labute approximate surface area is 215 Å². The van der Waals surface area contributed by atoms with E-state index in [1.807, 2.05) is 17.0 Å². The Bertz CT molecular complexity index is 1600. The molecule has 1 aliphatic rings. The Morgan fingerprint density at radius 1 is 1.05 bits per heavy atom. The molecule has 0 N–H and O–H groups in total. The summed E-state index contributed by atoms with van der Waals surface area (Å²) in [7, 11) is -0.896. The second-order valence-corrected chi connectivity index (χ2v) is 10.9. The Hall–Kier alpha value is -3.65. The zero-order valence-corrected chi connectivity index (χ0v) is 21.2. The summed E-state index contributed by atoms with van der Waals surface area (Å²) in [4.78, 5) is 5.43. The van der Waals surface area contributed by atoms with E-state index in [1.165, 1.54) is 0 Å². The number of anilines is 1. The highest BCUT2D eigenvalue weighted by atomic mass is 32.2. The van der Waals surface area contributed by atoms with Gasteiger partial charge >= 0.3 is 6.18 Å². The Balaban J connectivity index is 1.39. The Morgan fingerprint density at radius 3 is 2.45 bits per heavy atom. The van der Waals surface area contributed by atoms with Gasteiger partial charge in [-0.1, -0.05) is 0 Å². The first-order valence-electron chi connectivity index (χ1n) is 11.7. The van der Waals surface area contributed by atoms with Crippen LogP contribution in [0.5, 0.6) is 0 Å². The summed E-state index contributed by atoms with van der Waals surface area (Å²) in [6.45, 7) is -0.0319. The maximum atomic E-state index is 13.5. The molecule has 3 aromatic heterocycles. The SMILES string of the molecule is CN(c1nnc(-c2ccnn2C)c2cccnc12)C1CCN(S(=O)(=O)c2ccc(F)cc2C(F)(F)F)CC1. The van der Waals surface area contributed by atoms with E-state index in [1.54, 1.807) is 37.2 Å².